The Bertz CT molecular complexity index is 433. The third-order valence-electron chi connectivity index (χ3n) is 1.95. The van der Waals surface area contributed by atoms with E-state index in [2.05, 4.69) is 39.7 Å². The maximum absolute atomic E-state index is 4.42. The molecule has 4 heteroatoms. The molecule has 0 spiro atoms. The van der Waals surface area contributed by atoms with Crippen molar-refractivity contribution in [1.82, 2.24) is 14.4 Å². The van der Waals surface area contributed by atoms with Crippen molar-refractivity contribution in [3.05, 3.63) is 28.8 Å². The molecule has 0 saturated heterocycles. The van der Waals surface area contributed by atoms with Gasteiger partial charge < -0.3 is 0 Å². The minimum absolute atomic E-state index is 0.445. The van der Waals surface area contributed by atoms with Gasteiger partial charge in [-0.25, -0.2) is 9.97 Å². The van der Waals surface area contributed by atoms with Gasteiger partial charge in [-0.1, -0.05) is 13.8 Å². The second kappa shape index (κ2) is 3.10. The number of imidazole rings is 1. The van der Waals surface area contributed by atoms with E-state index in [1.54, 1.807) is 6.20 Å². The highest BCUT2D eigenvalue weighted by Gasteiger charge is 2.04. The van der Waals surface area contributed by atoms with Crippen molar-refractivity contribution in [3.63, 3.8) is 0 Å². The molecular formula is C9H10BrN3. The van der Waals surface area contributed by atoms with Gasteiger partial charge in [-0.15, -0.1) is 0 Å². The van der Waals surface area contributed by atoms with Gasteiger partial charge in [0.1, 0.15) is 4.60 Å². The number of rotatable bonds is 1. The Morgan fingerprint density at radius 2 is 2.23 bits per heavy atom. The van der Waals surface area contributed by atoms with Gasteiger partial charge in [-0.05, 0) is 27.9 Å². The fraction of sp³-hybridized carbons (Fsp3) is 0.333. The third-order valence-corrected chi connectivity index (χ3v) is 2.53. The van der Waals surface area contributed by atoms with Crippen molar-refractivity contribution >= 4 is 21.7 Å². The summed E-state index contributed by atoms with van der Waals surface area (Å²) in [6.45, 7) is 4.24. The van der Waals surface area contributed by atoms with Gasteiger partial charge in [0.25, 0.3) is 0 Å². The van der Waals surface area contributed by atoms with Crippen LogP contribution in [0.25, 0.3) is 5.78 Å². The molecule has 2 aromatic rings. The molecule has 0 atom stereocenters. The molecule has 0 aliphatic carbocycles. The van der Waals surface area contributed by atoms with Gasteiger partial charge in [-0.2, -0.15) is 0 Å². The summed E-state index contributed by atoms with van der Waals surface area (Å²) in [7, 11) is 0. The predicted octanol–water partition coefficient (Wildman–Crippen LogP) is 2.62. The molecule has 0 radical (unpaired) electrons. The maximum atomic E-state index is 4.42. The van der Waals surface area contributed by atoms with Crippen molar-refractivity contribution in [2.75, 3.05) is 0 Å². The molecule has 0 aliphatic rings. The van der Waals surface area contributed by atoms with Gasteiger partial charge in [0, 0.05) is 11.9 Å². The highest BCUT2D eigenvalue weighted by Crippen LogP contribution is 2.15. The van der Waals surface area contributed by atoms with Gasteiger partial charge in [0.2, 0.25) is 5.78 Å². The summed E-state index contributed by atoms with van der Waals surface area (Å²) in [6.07, 6.45) is 3.74. The Labute approximate surface area is 85.0 Å². The minimum Gasteiger partial charge on any atom is -0.278 e. The number of hydrogen-bond acceptors (Lipinski definition) is 2. The van der Waals surface area contributed by atoms with Gasteiger partial charge >= 0.3 is 0 Å². The molecule has 2 rings (SSSR count). The van der Waals surface area contributed by atoms with Crippen molar-refractivity contribution in [2.45, 2.75) is 19.8 Å². The first kappa shape index (κ1) is 8.69. The standard InChI is InChI=1S/C9H10BrN3/c1-6(2)7-3-4-13-8(10)5-11-9(13)12-7/h3-6H,1-2H3. The van der Waals surface area contributed by atoms with Gasteiger partial charge in [0.15, 0.2) is 0 Å². The second-order valence-electron chi connectivity index (χ2n) is 3.26. The van der Waals surface area contributed by atoms with Crippen LogP contribution in [0.2, 0.25) is 0 Å². The Kier molecular flexibility index (Phi) is 2.07. The Hall–Kier alpha value is -0.900. The summed E-state index contributed by atoms with van der Waals surface area (Å²) < 4.78 is 2.84. The first-order valence-electron chi connectivity index (χ1n) is 4.18. The zero-order chi connectivity index (χ0) is 9.42. The van der Waals surface area contributed by atoms with Crippen LogP contribution in [0.4, 0.5) is 0 Å². The summed E-state index contributed by atoms with van der Waals surface area (Å²) in [5.41, 5.74) is 1.07. The molecule has 2 heterocycles. The van der Waals surface area contributed by atoms with E-state index in [0.29, 0.717) is 5.92 Å². The molecule has 0 aromatic carbocycles. The Balaban J connectivity index is 2.63. The van der Waals surface area contributed by atoms with Gasteiger partial charge in [0.05, 0.1) is 6.20 Å². The third kappa shape index (κ3) is 1.46. The van der Waals surface area contributed by atoms with Gasteiger partial charge in [-0.3, -0.25) is 4.40 Å². The lowest BCUT2D eigenvalue weighted by atomic mass is 10.1. The first-order valence-corrected chi connectivity index (χ1v) is 4.97. The lowest BCUT2D eigenvalue weighted by molar-refractivity contribution is 0.816. The highest BCUT2D eigenvalue weighted by atomic mass is 79.9. The van der Waals surface area contributed by atoms with Crippen LogP contribution in [0.5, 0.6) is 0 Å². The zero-order valence-corrected chi connectivity index (χ0v) is 9.12. The van der Waals surface area contributed by atoms with E-state index in [9.17, 15) is 0 Å². The lowest BCUT2D eigenvalue weighted by Gasteiger charge is -2.03. The molecule has 3 nitrogen and oxygen atoms in total. The predicted molar refractivity (Wildman–Crippen MR) is 54.8 cm³/mol. The van der Waals surface area contributed by atoms with Crippen LogP contribution in [0.1, 0.15) is 25.5 Å². The van der Waals surface area contributed by atoms with E-state index in [-0.39, 0.29) is 0 Å². The molecular weight excluding hydrogens is 230 g/mol. The van der Waals surface area contributed by atoms with E-state index in [1.807, 2.05) is 16.7 Å². The number of aromatic nitrogens is 3. The van der Waals surface area contributed by atoms with Crippen LogP contribution in [0.15, 0.2) is 23.1 Å². The maximum Gasteiger partial charge on any atom is 0.234 e. The fourth-order valence-electron chi connectivity index (χ4n) is 1.18. The smallest absolute Gasteiger partial charge is 0.234 e. The molecule has 0 N–H and O–H groups in total. The van der Waals surface area contributed by atoms with E-state index >= 15 is 0 Å². The van der Waals surface area contributed by atoms with Crippen LogP contribution >= 0.6 is 15.9 Å². The number of nitrogens with zero attached hydrogens (tertiary/aromatic N) is 3. The summed E-state index contributed by atoms with van der Waals surface area (Å²) >= 11 is 3.39. The highest BCUT2D eigenvalue weighted by molar-refractivity contribution is 9.10. The van der Waals surface area contributed by atoms with Crippen molar-refractivity contribution in [1.29, 1.82) is 0 Å². The zero-order valence-electron chi connectivity index (χ0n) is 7.53. The number of hydrogen-bond donors (Lipinski definition) is 0. The molecule has 0 unspecified atom stereocenters. The lowest BCUT2D eigenvalue weighted by Crippen LogP contribution is -1.96. The topological polar surface area (TPSA) is 30.2 Å². The summed E-state index contributed by atoms with van der Waals surface area (Å²) in [6, 6.07) is 2.02. The monoisotopic (exact) mass is 239 g/mol. The van der Waals surface area contributed by atoms with Crippen LogP contribution in [0, 0.1) is 0 Å². The minimum atomic E-state index is 0.445. The quantitative estimate of drug-likeness (QED) is 0.766. The Morgan fingerprint density at radius 3 is 2.92 bits per heavy atom. The molecule has 0 bridgehead atoms. The largest absolute Gasteiger partial charge is 0.278 e. The molecule has 2 aromatic heterocycles. The summed E-state index contributed by atoms with van der Waals surface area (Å²) in [4.78, 5) is 8.58. The normalized spacial score (nSPS) is 11.4. The van der Waals surface area contributed by atoms with Crippen molar-refractivity contribution < 1.29 is 0 Å². The molecule has 13 heavy (non-hydrogen) atoms. The van der Waals surface area contributed by atoms with Crippen LogP contribution in [0.3, 0.4) is 0 Å². The van der Waals surface area contributed by atoms with Crippen LogP contribution in [-0.2, 0) is 0 Å². The Morgan fingerprint density at radius 1 is 1.46 bits per heavy atom. The van der Waals surface area contributed by atoms with E-state index in [4.69, 9.17) is 0 Å². The average molecular weight is 240 g/mol. The van der Waals surface area contributed by atoms with Crippen LogP contribution < -0.4 is 0 Å². The molecule has 68 valence electrons. The summed E-state index contributed by atoms with van der Waals surface area (Å²) in [5.74, 6) is 1.19. The molecule has 0 fully saturated rings. The van der Waals surface area contributed by atoms with E-state index < -0.39 is 0 Å². The number of fused-ring (bicyclic) bond motifs is 1. The fourth-order valence-corrected chi connectivity index (χ4v) is 1.56. The first-order chi connectivity index (χ1) is 6.18. The van der Waals surface area contributed by atoms with E-state index in [0.717, 1.165) is 16.1 Å². The summed E-state index contributed by atoms with van der Waals surface area (Å²) in [5, 5.41) is 0. The second-order valence-corrected chi connectivity index (χ2v) is 4.07. The van der Waals surface area contributed by atoms with Crippen LogP contribution in [-0.4, -0.2) is 14.4 Å². The SMILES string of the molecule is CC(C)c1ccn2c(Br)cnc2n1. The van der Waals surface area contributed by atoms with E-state index in [1.165, 1.54) is 0 Å². The molecule has 0 amide bonds. The molecule has 0 aliphatic heterocycles. The molecule has 0 saturated carbocycles. The number of halogens is 1. The average Bonchev–Trinajstić information content (AvgIpc) is 2.47. The van der Waals surface area contributed by atoms with Crippen molar-refractivity contribution in [2.24, 2.45) is 0 Å². The van der Waals surface area contributed by atoms with Crippen molar-refractivity contribution in [3.8, 4) is 0 Å².